The molecule has 0 spiro atoms. The molecule has 1 fully saturated rings. The van der Waals surface area contributed by atoms with Gasteiger partial charge in [-0.1, -0.05) is 0 Å². The summed E-state index contributed by atoms with van der Waals surface area (Å²) >= 11 is 0. The second-order valence-electron chi connectivity index (χ2n) is 8.09. The highest BCUT2D eigenvalue weighted by Crippen LogP contribution is 2.26. The van der Waals surface area contributed by atoms with E-state index in [1.165, 1.54) is 29.6 Å². The Morgan fingerprint density at radius 1 is 0.811 bits per heavy atom. The number of carbonyl (C=O) groups is 2. The molecule has 1 aliphatic heterocycles. The van der Waals surface area contributed by atoms with Gasteiger partial charge in [-0.2, -0.15) is 4.31 Å². The summed E-state index contributed by atoms with van der Waals surface area (Å²) in [6.45, 7) is 1.12. The van der Waals surface area contributed by atoms with E-state index in [1.807, 2.05) is 0 Å². The highest BCUT2D eigenvalue weighted by molar-refractivity contribution is 7.89. The van der Waals surface area contributed by atoms with Crippen LogP contribution in [0.2, 0.25) is 0 Å². The topological polar surface area (TPSA) is 123 Å². The fraction of sp³-hybridized carbons (Fsp3) is 0.231. The van der Waals surface area contributed by atoms with Crippen molar-refractivity contribution in [2.45, 2.75) is 4.90 Å². The highest BCUT2D eigenvalue weighted by atomic mass is 32.2. The lowest BCUT2D eigenvalue weighted by Crippen LogP contribution is -2.40. The van der Waals surface area contributed by atoms with Crippen LogP contribution in [-0.4, -0.2) is 65.1 Å². The average molecular weight is 526 g/mol. The standard InChI is InChI=1S/C26H27N3O7S/c1-34-21-9-7-20(8-10-21)27-25(30)18-3-5-19(6-4-18)28-26(31)23-17-22(11-12-24(23)35-2)37(32,33)29-13-15-36-16-14-29/h3-12,17H,13-16H2,1-2H3,(H,27,30)(H,28,31). The molecule has 0 bridgehead atoms. The third kappa shape index (κ3) is 6.08. The van der Waals surface area contributed by atoms with E-state index in [0.717, 1.165) is 0 Å². The zero-order chi connectivity index (χ0) is 26.4. The summed E-state index contributed by atoms with van der Waals surface area (Å²) in [6, 6.07) is 17.4. The van der Waals surface area contributed by atoms with Crippen molar-refractivity contribution in [1.29, 1.82) is 0 Å². The molecular weight excluding hydrogens is 498 g/mol. The Balaban J connectivity index is 1.47. The van der Waals surface area contributed by atoms with Crippen LogP contribution in [0.1, 0.15) is 20.7 Å². The van der Waals surface area contributed by atoms with Crippen molar-refractivity contribution in [2.75, 3.05) is 51.2 Å². The number of nitrogens with one attached hydrogen (secondary N) is 2. The number of rotatable bonds is 8. The number of benzene rings is 3. The van der Waals surface area contributed by atoms with Crippen LogP contribution in [0.25, 0.3) is 0 Å². The molecule has 1 saturated heterocycles. The highest BCUT2D eigenvalue weighted by Gasteiger charge is 2.28. The number of ether oxygens (including phenoxy) is 3. The smallest absolute Gasteiger partial charge is 0.259 e. The van der Waals surface area contributed by atoms with Gasteiger partial charge in [0.05, 0.1) is 37.9 Å². The molecule has 194 valence electrons. The number of anilines is 2. The Morgan fingerprint density at radius 2 is 1.41 bits per heavy atom. The lowest BCUT2D eigenvalue weighted by atomic mass is 10.1. The zero-order valence-electron chi connectivity index (χ0n) is 20.4. The minimum Gasteiger partial charge on any atom is -0.497 e. The molecule has 10 nitrogen and oxygen atoms in total. The maximum Gasteiger partial charge on any atom is 0.259 e. The van der Waals surface area contributed by atoms with Gasteiger partial charge in [0.1, 0.15) is 11.5 Å². The van der Waals surface area contributed by atoms with E-state index in [4.69, 9.17) is 14.2 Å². The van der Waals surface area contributed by atoms with Gasteiger partial charge in [0, 0.05) is 30.0 Å². The van der Waals surface area contributed by atoms with Crippen molar-refractivity contribution >= 4 is 33.2 Å². The van der Waals surface area contributed by atoms with Gasteiger partial charge < -0.3 is 24.8 Å². The first-order chi connectivity index (χ1) is 17.8. The average Bonchev–Trinajstić information content (AvgIpc) is 2.93. The minimum atomic E-state index is -3.79. The molecule has 0 atom stereocenters. The number of morpholine rings is 1. The predicted molar refractivity (Wildman–Crippen MR) is 138 cm³/mol. The van der Waals surface area contributed by atoms with Crippen LogP contribution in [-0.2, 0) is 14.8 Å². The summed E-state index contributed by atoms with van der Waals surface area (Å²) in [6.07, 6.45) is 0. The SMILES string of the molecule is COc1ccc(NC(=O)c2ccc(NC(=O)c3cc(S(=O)(=O)N4CCOCC4)ccc3OC)cc2)cc1. The number of sulfonamides is 1. The second-order valence-corrected chi connectivity index (χ2v) is 10.0. The quantitative estimate of drug-likeness (QED) is 0.463. The number of nitrogens with zero attached hydrogens (tertiary/aromatic N) is 1. The molecule has 2 amide bonds. The van der Waals surface area contributed by atoms with E-state index in [0.29, 0.717) is 35.9 Å². The molecule has 0 unspecified atom stereocenters. The van der Waals surface area contributed by atoms with E-state index in [9.17, 15) is 18.0 Å². The largest absolute Gasteiger partial charge is 0.497 e. The molecule has 11 heteroatoms. The van der Waals surface area contributed by atoms with E-state index in [1.54, 1.807) is 55.6 Å². The van der Waals surface area contributed by atoms with Crippen molar-refractivity contribution < 1.29 is 32.2 Å². The third-order valence-electron chi connectivity index (χ3n) is 5.78. The molecule has 0 saturated carbocycles. The van der Waals surface area contributed by atoms with Gasteiger partial charge in [-0.3, -0.25) is 9.59 Å². The van der Waals surface area contributed by atoms with Crippen LogP contribution in [0.5, 0.6) is 11.5 Å². The number of methoxy groups -OCH3 is 2. The zero-order valence-corrected chi connectivity index (χ0v) is 21.2. The van der Waals surface area contributed by atoms with E-state index in [-0.39, 0.29) is 35.2 Å². The van der Waals surface area contributed by atoms with Gasteiger partial charge in [-0.15, -0.1) is 0 Å². The van der Waals surface area contributed by atoms with Gasteiger partial charge in [-0.25, -0.2) is 8.42 Å². The molecule has 1 aliphatic rings. The Bertz CT molecular complexity index is 1370. The van der Waals surface area contributed by atoms with Crippen molar-refractivity contribution in [3.63, 3.8) is 0 Å². The minimum absolute atomic E-state index is 0.00843. The molecule has 4 rings (SSSR count). The van der Waals surface area contributed by atoms with Crippen molar-refractivity contribution in [3.8, 4) is 11.5 Å². The molecule has 0 radical (unpaired) electrons. The van der Waals surface area contributed by atoms with Gasteiger partial charge in [0.15, 0.2) is 0 Å². The summed E-state index contributed by atoms with van der Waals surface area (Å²) < 4.78 is 43.0. The van der Waals surface area contributed by atoms with Crippen LogP contribution in [0.3, 0.4) is 0 Å². The van der Waals surface area contributed by atoms with Crippen LogP contribution >= 0.6 is 0 Å². The lowest BCUT2D eigenvalue weighted by Gasteiger charge is -2.26. The summed E-state index contributed by atoms with van der Waals surface area (Å²) in [5.41, 5.74) is 1.50. The maximum atomic E-state index is 13.1. The fourth-order valence-electron chi connectivity index (χ4n) is 3.74. The maximum absolute atomic E-state index is 13.1. The summed E-state index contributed by atoms with van der Waals surface area (Å²) in [4.78, 5) is 25.6. The van der Waals surface area contributed by atoms with Crippen LogP contribution in [0, 0.1) is 0 Å². The normalized spacial score (nSPS) is 14.0. The first-order valence-corrected chi connectivity index (χ1v) is 12.9. The van der Waals surface area contributed by atoms with Crippen LogP contribution in [0.15, 0.2) is 71.6 Å². The van der Waals surface area contributed by atoms with Gasteiger partial charge in [0.25, 0.3) is 11.8 Å². The number of hydrogen-bond acceptors (Lipinski definition) is 7. The van der Waals surface area contributed by atoms with Crippen LogP contribution < -0.4 is 20.1 Å². The molecular formula is C26H27N3O7S. The molecule has 1 heterocycles. The van der Waals surface area contributed by atoms with Gasteiger partial charge >= 0.3 is 0 Å². The Hall–Kier alpha value is -3.93. The Morgan fingerprint density at radius 3 is 2.00 bits per heavy atom. The number of amides is 2. The van der Waals surface area contributed by atoms with E-state index in [2.05, 4.69) is 10.6 Å². The number of hydrogen-bond donors (Lipinski definition) is 2. The molecule has 3 aromatic carbocycles. The van der Waals surface area contributed by atoms with Crippen molar-refractivity contribution in [2.24, 2.45) is 0 Å². The summed E-state index contributed by atoms with van der Waals surface area (Å²) in [5.74, 6) is 0.0462. The first-order valence-electron chi connectivity index (χ1n) is 11.4. The molecule has 0 aliphatic carbocycles. The molecule has 3 aromatic rings. The summed E-state index contributed by atoms with van der Waals surface area (Å²) in [7, 11) is -0.830. The molecule has 0 aromatic heterocycles. The molecule has 37 heavy (non-hydrogen) atoms. The van der Waals surface area contributed by atoms with Gasteiger partial charge in [0.2, 0.25) is 10.0 Å². The summed E-state index contributed by atoms with van der Waals surface area (Å²) in [5, 5.41) is 5.52. The number of carbonyl (C=O) groups excluding carboxylic acids is 2. The van der Waals surface area contributed by atoms with Gasteiger partial charge in [-0.05, 0) is 66.7 Å². The Labute approximate surface area is 215 Å². The van der Waals surface area contributed by atoms with Crippen molar-refractivity contribution in [3.05, 3.63) is 77.9 Å². The lowest BCUT2D eigenvalue weighted by molar-refractivity contribution is 0.0730. The molecule has 2 N–H and O–H groups in total. The fourth-order valence-corrected chi connectivity index (χ4v) is 5.18. The van der Waals surface area contributed by atoms with Crippen molar-refractivity contribution in [1.82, 2.24) is 4.31 Å². The first kappa shape index (κ1) is 26.1. The van der Waals surface area contributed by atoms with E-state index >= 15 is 0 Å². The second kappa shape index (κ2) is 11.4. The third-order valence-corrected chi connectivity index (χ3v) is 7.67. The monoisotopic (exact) mass is 525 g/mol. The van der Waals surface area contributed by atoms with E-state index < -0.39 is 15.9 Å². The van der Waals surface area contributed by atoms with Crippen LogP contribution in [0.4, 0.5) is 11.4 Å². The Kier molecular flexibility index (Phi) is 8.07. The predicted octanol–water partition coefficient (Wildman–Crippen LogP) is 3.23.